The number of hydrogen-bond donors (Lipinski definition) is 1. The fourth-order valence-electron chi connectivity index (χ4n) is 1.50. The van der Waals surface area contributed by atoms with Crippen LogP contribution in [0.1, 0.15) is 10.4 Å². The second-order valence-corrected chi connectivity index (χ2v) is 3.93. The maximum Gasteiger partial charge on any atom is 0.339 e. The molecule has 0 unspecified atom stereocenters. The molecule has 15 heavy (non-hydrogen) atoms. The van der Waals surface area contributed by atoms with Gasteiger partial charge in [-0.25, -0.2) is 4.79 Å². The number of methoxy groups -OCH3 is 1. The molecule has 0 saturated heterocycles. The van der Waals surface area contributed by atoms with E-state index in [0.29, 0.717) is 5.75 Å². The molecule has 0 radical (unpaired) electrons. The number of aromatic nitrogens is 1. The van der Waals surface area contributed by atoms with Crippen molar-refractivity contribution >= 4 is 27.4 Å². The van der Waals surface area contributed by atoms with E-state index in [-0.39, 0.29) is 5.56 Å². The molecule has 1 N–H and O–H groups in total. The number of rotatable bonds is 2. The summed E-state index contributed by atoms with van der Waals surface area (Å²) in [5.41, 5.74) is 0.889. The predicted molar refractivity (Wildman–Crippen MR) is 58.6 cm³/mol. The van der Waals surface area contributed by atoms with Crippen molar-refractivity contribution in [2.45, 2.75) is 0 Å². The maximum absolute atomic E-state index is 10.9. The Labute approximate surface area is 94.2 Å². The summed E-state index contributed by atoms with van der Waals surface area (Å²) in [7, 11) is 1.46. The zero-order chi connectivity index (χ0) is 11.0. The smallest absolute Gasteiger partial charge is 0.339 e. The van der Waals surface area contributed by atoms with Crippen LogP contribution in [0.5, 0.6) is 5.75 Å². The number of ether oxygens (including phenoxy) is 1. The molecule has 0 fully saturated rings. The number of aromatic carboxylic acids is 1. The van der Waals surface area contributed by atoms with Gasteiger partial charge in [-0.05, 0) is 28.1 Å². The number of carboxylic acid groups (broad SMARTS) is 1. The van der Waals surface area contributed by atoms with Crippen LogP contribution in [0, 0.1) is 0 Å². The molecule has 0 aliphatic heterocycles. The van der Waals surface area contributed by atoms with Gasteiger partial charge in [-0.2, -0.15) is 0 Å². The van der Waals surface area contributed by atoms with Crippen molar-refractivity contribution in [3.63, 3.8) is 0 Å². The Balaban J connectivity index is 2.80. The highest BCUT2D eigenvalue weighted by atomic mass is 79.9. The van der Waals surface area contributed by atoms with E-state index in [4.69, 9.17) is 9.84 Å². The van der Waals surface area contributed by atoms with Gasteiger partial charge >= 0.3 is 5.97 Å². The molecule has 0 spiro atoms. The largest absolute Gasteiger partial charge is 0.494 e. The summed E-state index contributed by atoms with van der Waals surface area (Å²) in [6.07, 6.45) is 3.52. The molecule has 2 aromatic rings. The normalized spacial score (nSPS) is 10.5. The third kappa shape index (κ3) is 1.59. The van der Waals surface area contributed by atoms with E-state index in [9.17, 15) is 4.79 Å². The summed E-state index contributed by atoms with van der Waals surface area (Å²) in [5, 5.41) is 8.96. The van der Waals surface area contributed by atoms with Gasteiger partial charge in [-0.3, -0.25) is 0 Å². The number of halogens is 1. The Bertz CT molecular complexity index is 533. The summed E-state index contributed by atoms with van der Waals surface area (Å²) in [6, 6.07) is 3.33. The van der Waals surface area contributed by atoms with E-state index in [2.05, 4.69) is 15.9 Å². The average Bonchev–Trinajstić information content (AvgIpc) is 2.55. The lowest BCUT2D eigenvalue weighted by atomic mass is 10.2. The predicted octanol–water partition coefficient (Wildman–Crippen LogP) is 2.41. The summed E-state index contributed by atoms with van der Waals surface area (Å²) in [5.74, 6) is -0.623. The van der Waals surface area contributed by atoms with Crippen molar-refractivity contribution in [1.82, 2.24) is 4.40 Å². The summed E-state index contributed by atoms with van der Waals surface area (Å²) < 4.78 is 7.79. The standard InChI is InChI=1S/C10H8BrNO3/c1-15-9-7(10(13)14)2-3-12-5-6(11)4-8(9)12/h2-5H,1H3,(H,13,14). The van der Waals surface area contributed by atoms with E-state index in [1.54, 1.807) is 10.6 Å². The van der Waals surface area contributed by atoms with Crippen molar-refractivity contribution in [2.75, 3.05) is 7.11 Å². The molecule has 2 heterocycles. The lowest BCUT2D eigenvalue weighted by Gasteiger charge is -2.06. The number of carboxylic acids is 1. The summed E-state index contributed by atoms with van der Waals surface area (Å²) in [4.78, 5) is 10.9. The SMILES string of the molecule is COc1c(C(=O)O)ccn2cc(Br)cc12. The van der Waals surface area contributed by atoms with Gasteiger partial charge in [0.1, 0.15) is 5.56 Å². The van der Waals surface area contributed by atoms with Gasteiger partial charge in [-0.15, -0.1) is 0 Å². The number of nitrogens with zero attached hydrogens (tertiary/aromatic N) is 1. The topological polar surface area (TPSA) is 50.9 Å². The minimum absolute atomic E-state index is 0.163. The highest BCUT2D eigenvalue weighted by Gasteiger charge is 2.14. The fraction of sp³-hybridized carbons (Fsp3) is 0.100. The second-order valence-electron chi connectivity index (χ2n) is 3.02. The third-order valence-corrected chi connectivity index (χ3v) is 2.56. The molecule has 2 aromatic heterocycles. The van der Waals surface area contributed by atoms with Crippen molar-refractivity contribution in [1.29, 1.82) is 0 Å². The van der Waals surface area contributed by atoms with Crippen molar-refractivity contribution in [3.8, 4) is 5.75 Å². The van der Waals surface area contributed by atoms with Gasteiger partial charge in [-0.1, -0.05) is 0 Å². The third-order valence-electron chi connectivity index (χ3n) is 2.13. The van der Waals surface area contributed by atoms with E-state index in [1.807, 2.05) is 12.3 Å². The van der Waals surface area contributed by atoms with E-state index in [0.717, 1.165) is 9.99 Å². The fourth-order valence-corrected chi connectivity index (χ4v) is 1.94. The maximum atomic E-state index is 10.9. The molecule has 4 nitrogen and oxygen atoms in total. The molecule has 0 amide bonds. The van der Waals surface area contributed by atoms with Crippen molar-refractivity contribution < 1.29 is 14.6 Å². The molecule has 0 saturated carbocycles. The van der Waals surface area contributed by atoms with Crippen LogP contribution < -0.4 is 4.74 Å². The van der Waals surface area contributed by atoms with Crippen molar-refractivity contribution in [3.05, 3.63) is 34.6 Å². The van der Waals surface area contributed by atoms with Crippen LogP contribution >= 0.6 is 15.9 Å². The molecule has 0 aromatic carbocycles. The Morgan fingerprint density at radius 3 is 2.93 bits per heavy atom. The summed E-state index contributed by atoms with van der Waals surface area (Å²) in [6.45, 7) is 0. The molecular weight excluding hydrogens is 262 g/mol. The van der Waals surface area contributed by atoms with E-state index >= 15 is 0 Å². The number of carbonyl (C=O) groups is 1. The molecule has 5 heteroatoms. The van der Waals surface area contributed by atoms with Crippen LogP contribution in [0.4, 0.5) is 0 Å². The first-order chi connectivity index (χ1) is 7.13. The number of hydrogen-bond acceptors (Lipinski definition) is 2. The quantitative estimate of drug-likeness (QED) is 0.911. The highest BCUT2D eigenvalue weighted by Crippen LogP contribution is 2.28. The average molecular weight is 270 g/mol. The van der Waals surface area contributed by atoms with Gasteiger partial charge in [0.15, 0.2) is 5.75 Å². The van der Waals surface area contributed by atoms with Crippen LogP contribution in [0.15, 0.2) is 29.0 Å². The second kappa shape index (κ2) is 3.58. The molecule has 2 rings (SSSR count). The lowest BCUT2D eigenvalue weighted by molar-refractivity contribution is 0.0693. The monoisotopic (exact) mass is 269 g/mol. The molecule has 0 bridgehead atoms. The Morgan fingerprint density at radius 1 is 1.60 bits per heavy atom. The van der Waals surface area contributed by atoms with E-state index in [1.165, 1.54) is 13.2 Å². The first-order valence-corrected chi connectivity index (χ1v) is 5.00. The minimum Gasteiger partial charge on any atom is -0.494 e. The molecule has 0 aliphatic carbocycles. The van der Waals surface area contributed by atoms with Gasteiger partial charge < -0.3 is 14.2 Å². The van der Waals surface area contributed by atoms with Crippen LogP contribution in [-0.4, -0.2) is 22.6 Å². The molecular formula is C10H8BrNO3. The van der Waals surface area contributed by atoms with Crippen LogP contribution in [0.3, 0.4) is 0 Å². The Hall–Kier alpha value is -1.49. The summed E-state index contributed by atoms with van der Waals surface area (Å²) >= 11 is 3.33. The molecule has 0 atom stereocenters. The first-order valence-electron chi connectivity index (χ1n) is 4.21. The molecule has 78 valence electrons. The molecule has 0 aliphatic rings. The highest BCUT2D eigenvalue weighted by molar-refractivity contribution is 9.10. The van der Waals surface area contributed by atoms with Gasteiger partial charge in [0, 0.05) is 16.9 Å². The Kier molecular flexibility index (Phi) is 2.40. The zero-order valence-corrected chi connectivity index (χ0v) is 9.48. The minimum atomic E-state index is -0.994. The van der Waals surface area contributed by atoms with Crippen LogP contribution in [0.25, 0.3) is 5.52 Å². The van der Waals surface area contributed by atoms with Gasteiger partial charge in [0.25, 0.3) is 0 Å². The lowest BCUT2D eigenvalue weighted by Crippen LogP contribution is -2.02. The number of pyridine rings is 1. The first kappa shape index (κ1) is 10.0. The zero-order valence-electron chi connectivity index (χ0n) is 7.90. The van der Waals surface area contributed by atoms with E-state index < -0.39 is 5.97 Å². The Morgan fingerprint density at radius 2 is 2.33 bits per heavy atom. The van der Waals surface area contributed by atoms with Gasteiger partial charge in [0.2, 0.25) is 0 Å². The van der Waals surface area contributed by atoms with Crippen molar-refractivity contribution in [2.24, 2.45) is 0 Å². The number of fused-ring (bicyclic) bond motifs is 1. The van der Waals surface area contributed by atoms with Crippen LogP contribution in [0.2, 0.25) is 0 Å². The van der Waals surface area contributed by atoms with Crippen LogP contribution in [-0.2, 0) is 0 Å². The van der Waals surface area contributed by atoms with Gasteiger partial charge in [0.05, 0.1) is 12.6 Å².